The number of halogens is 5. The van der Waals surface area contributed by atoms with E-state index in [1.54, 1.807) is 6.26 Å². The molecule has 116 valence electrons. The van der Waals surface area contributed by atoms with Crippen LogP contribution in [0.1, 0.15) is 16.8 Å². The molecule has 0 aromatic heterocycles. The van der Waals surface area contributed by atoms with Crippen LogP contribution in [0.2, 0.25) is 0 Å². The van der Waals surface area contributed by atoms with Crippen molar-refractivity contribution in [2.75, 3.05) is 12.0 Å². The fourth-order valence-corrected chi connectivity index (χ4v) is 1.95. The number of benzene rings is 1. The summed E-state index contributed by atoms with van der Waals surface area (Å²) >= 11 is 1.35. The van der Waals surface area contributed by atoms with Gasteiger partial charge in [-0.3, -0.25) is 4.79 Å². The zero-order valence-corrected chi connectivity index (χ0v) is 11.5. The lowest BCUT2D eigenvalue weighted by Crippen LogP contribution is -2.37. The number of amides is 1. The first-order valence-corrected chi connectivity index (χ1v) is 7.01. The van der Waals surface area contributed by atoms with Crippen molar-refractivity contribution in [2.24, 2.45) is 0 Å². The quantitative estimate of drug-likeness (QED) is 0.378. The molecule has 0 bridgehead atoms. The molecule has 0 radical (unpaired) electrons. The fraction of sp³-hybridized carbons (Fsp3) is 0.333. The van der Waals surface area contributed by atoms with Gasteiger partial charge in [0.25, 0.3) is 5.91 Å². The predicted octanol–water partition coefficient (Wildman–Crippen LogP) is 2.43. The summed E-state index contributed by atoms with van der Waals surface area (Å²) in [6, 6.07) is -1.08. The summed E-state index contributed by atoms with van der Waals surface area (Å²) in [5, 5.41) is 1.92. The van der Waals surface area contributed by atoms with E-state index in [1.807, 2.05) is 5.32 Å². The van der Waals surface area contributed by atoms with E-state index >= 15 is 0 Å². The Bertz CT molecular complexity index is 538. The van der Waals surface area contributed by atoms with E-state index in [9.17, 15) is 31.5 Å². The minimum Gasteiger partial charge on any atom is -0.342 e. The van der Waals surface area contributed by atoms with Gasteiger partial charge in [0, 0.05) is 0 Å². The molecule has 21 heavy (non-hydrogen) atoms. The molecule has 3 nitrogen and oxygen atoms in total. The van der Waals surface area contributed by atoms with Crippen LogP contribution in [0.3, 0.4) is 0 Å². The minimum atomic E-state index is -2.35. The van der Waals surface area contributed by atoms with Gasteiger partial charge in [0.15, 0.2) is 23.3 Å². The molecule has 1 N–H and O–H groups in total. The molecule has 0 saturated heterocycles. The van der Waals surface area contributed by atoms with Crippen LogP contribution in [-0.4, -0.2) is 30.2 Å². The summed E-state index contributed by atoms with van der Waals surface area (Å²) in [4.78, 5) is 22.3. The van der Waals surface area contributed by atoms with Crippen molar-refractivity contribution in [3.63, 3.8) is 0 Å². The van der Waals surface area contributed by atoms with Gasteiger partial charge in [-0.15, -0.1) is 0 Å². The Balaban J connectivity index is 3.10. The molecule has 1 aromatic carbocycles. The number of rotatable bonds is 6. The maximum absolute atomic E-state index is 13.4. The van der Waals surface area contributed by atoms with Gasteiger partial charge in [0.1, 0.15) is 11.8 Å². The molecule has 1 rings (SSSR count). The lowest BCUT2D eigenvalue weighted by Gasteiger charge is -2.13. The topological polar surface area (TPSA) is 46.2 Å². The summed E-state index contributed by atoms with van der Waals surface area (Å²) in [7, 11) is 0. The van der Waals surface area contributed by atoms with Gasteiger partial charge >= 0.3 is 0 Å². The Morgan fingerprint density at radius 1 is 1.10 bits per heavy atom. The monoisotopic (exact) mass is 327 g/mol. The minimum absolute atomic E-state index is 0.159. The molecule has 0 spiro atoms. The Labute approximate surface area is 120 Å². The SMILES string of the molecule is CSCC[C@@H](C=O)NC(=O)c1c(F)c(F)c(F)c(F)c1F. The van der Waals surface area contributed by atoms with Gasteiger partial charge < -0.3 is 10.1 Å². The maximum Gasteiger partial charge on any atom is 0.258 e. The molecular formula is C12H10F5NO2S. The molecule has 9 heteroatoms. The van der Waals surface area contributed by atoms with E-state index in [2.05, 4.69) is 0 Å². The van der Waals surface area contributed by atoms with E-state index in [0.717, 1.165) is 0 Å². The van der Waals surface area contributed by atoms with Gasteiger partial charge in [0.05, 0.1) is 6.04 Å². The third-order valence-electron chi connectivity index (χ3n) is 2.55. The number of hydrogen-bond donors (Lipinski definition) is 1. The molecule has 0 aliphatic carbocycles. The van der Waals surface area contributed by atoms with Crippen molar-refractivity contribution in [3.8, 4) is 0 Å². The molecule has 0 unspecified atom stereocenters. The second-order valence-electron chi connectivity index (χ2n) is 3.94. The lowest BCUT2D eigenvalue weighted by molar-refractivity contribution is -0.109. The van der Waals surface area contributed by atoms with Crippen molar-refractivity contribution < 1.29 is 31.5 Å². The summed E-state index contributed by atoms with van der Waals surface area (Å²) in [6.07, 6.45) is 2.21. The molecule has 0 aliphatic rings. The van der Waals surface area contributed by atoms with Crippen molar-refractivity contribution in [1.29, 1.82) is 0 Å². The van der Waals surface area contributed by atoms with Crippen LogP contribution in [0.5, 0.6) is 0 Å². The van der Waals surface area contributed by atoms with Crippen LogP contribution in [0.25, 0.3) is 0 Å². The highest BCUT2D eigenvalue weighted by atomic mass is 32.2. The summed E-state index contributed by atoms with van der Waals surface area (Å²) in [5.74, 6) is -12.3. The van der Waals surface area contributed by atoms with Gasteiger partial charge in [-0.1, -0.05) is 0 Å². The molecule has 0 heterocycles. The molecule has 1 amide bonds. The number of nitrogens with one attached hydrogen (secondary N) is 1. The summed E-state index contributed by atoms with van der Waals surface area (Å²) < 4.78 is 65.6. The van der Waals surface area contributed by atoms with Gasteiger partial charge in [-0.05, 0) is 18.4 Å². The number of aldehydes is 1. The first kappa shape index (κ1) is 17.4. The third kappa shape index (κ3) is 3.72. The first-order chi connectivity index (χ1) is 9.84. The van der Waals surface area contributed by atoms with E-state index in [-0.39, 0.29) is 6.42 Å². The Morgan fingerprint density at radius 2 is 1.57 bits per heavy atom. The Morgan fingerprint density at radius 3 is 2.00 bits per heavy atom. The number of hydrogen-bond acceptors (Lipinski definition) is 3. The van der Waals surface area contributed by atoms with Crippen LogP contribution >= 0.6 is 11.8 Å². The third-order valence-corrected chi connectivity index (χ3v) is 3.19. The van der Waals surface area contributed by atoms with E-state index in [4.69, 9.17) is 0 Å². The Kier molecular flexibility index (Phi) is 6.13. The van der Waals surface area contributed by atoms with Crippen molar-refractivity contribution >= 4 is 24.0 Å². The second kappa shape index (κ2) is 7.39. The second-order valence-corrected chi connectivity index (χ2v) is 4.93. The highest BCUT2D eigenvalue weighted by molar-refractivity contribution is 7.98. The van der Waals surface area contributed by atoms with Crippen molar-refractivity contribution in [3.05, 3.63) is 34.6 Å². The van der Waals surface area contributed by atoms with Gasteiger partial charge in [-0.25, -0.2) is 22.0 Å². The first-order valence-electron chi connectivity index (χ1n) is 5.61. The van der Waals surface area contributed by atoms with Gasteiger partial charge in [0.2, 0.25) is 5.82 Å². The summed E-state index contributed by atoms with van der Waals surface area (Å²) in [5.41, 5.74) is -1.61. The predicted molar refractivity (Wildman–Crippen MR) is 66.5 cm³/mol. The zero-order valence-electron chi connectivity index (χ0n) is 10.7. The number of thioether (sulfide) groups is 1. The van der Waals surface area contributed by atoms with Crippen molar-refractivity contribution in [1.82, 2.24) is 5.32 Å². The molecule has 1 aromatic rings. The molecule has 0 fully saturated rings. The normalized spacial score (nSPS) is 12.1. The van der Waals surface area contributed by atoms with Crippen LogP contribution < -0.4 is 5.32 Å². The fourth-order valence-electron chi connectivity index (χ4n) is 1.46. The molecular weight excluding hydrogens is 317 g/mol. The van der Waals surface area contributed by atoms with Crippen LogP contribution in [0, 0.1) is 29.1 Å². The van der Waals surface area contributed by atoms with E-state index < -0.39 is 46.6 Å². The molecule has 0 aliphatic heterocycles. The van der Waals surface area contributed by atoms with Gasteiger partial charge in [-0.2, -0.15) is 11.8 Å². The lowest BCUT2D eigenvalue weighted by atomic mass is 10.1. The highest BCUT2D eigenvalue weighted by Crippen LogP contribution is 2.23. The number of carbonyl (C=O) groups is 2. The zero-order chi connectivity index (χ0) is 16.2. The average molecular weight is 327 g/mol. The Hall–Kier alpha value is -1.64. The molecule has 0 saturated carbocycles. The largest absolute Gasteiger partial charge is 0.342 e. The van der Waals surface area contributed by atoms with Crippen molar-refractivity contribution in [2.45, 2.75) is 12.5 Å². The van der Waals surface area contributed by atoms with Crippen LogP contribution in [0.15, 0.2) is 0 Å². The van der Waals surface area contributed by atoms with E-state index in [1.165, 1.54) is 11.8 Å². The standard InChI is InChI=1S/C12H10F5NO2S/c1-21-3-2-5(4-19)18-12(20)6-7(13)9(15)11(17)10(16)8(6)14/h4-5H,2-3H2,1H3,(H,18,20)/t5-/m0/s1. The molecule has 1 atom stereocenters. The van der Waals surface area contributed by atoms with Crippen LogP contribution in [0.4, 0.5) is 22.0 Å². The highest BCUT2D eigenvalue weighted by Gasteiger charge is 2.30. The summed E-state index contributed by atoms with van der Waals surface area (Å²) in [6.45, 7) is 0. The average Bonchev–Trinajstić information content (AvgIpc) is 2.47. The van der Waals surface area contributed by atoms with E-state index in [0.29, 0.717) is 12.0 Å². The smallest absolute Gasteiger partial charge is 0.258 e. The maximum atomic E-state index is 13.4. The number of carbonyl (C=O) groups excluding carboxylic acids is 2. The van der Waals surface area contributed by atoms with Crippen LogP contribution in [-0.2, 0) is 4.79 Å².